The first-order valence-corrected chi connectivity index (χ1v) is 11.8. The standard InChI is InChI=1S/C26H29FN6O/c1-17-25-23(31-26(28)30-17)13-19(14-24(25)32-34-12-11-33-9-2-3-10-33)21-7-6-20(27)15-22(21)18-5-4-8-29-16-18/h4-8,15-16,19H,2-3,9-14H2,1H3,(H2,28,30,31). The Labute approximate surface area is 198 Å². The maximum Gasteiger partial charge on any atom is 0.220 e. The number of rotatable bonds is 6. The Morgan fingerprint density at radius 1 is 1.18 bits per heavy atom. The van der Waals surface area contributed by atoms with Crippen LogP contribution in [-0.2, 0) is 11.3 Å². The molecule has 3 heterocycles. The van der Waals surface area contributed by atoms with Crippen molar-refractivity contribution < 1.29 is 9.23 Å². The highest BCUT2D eigenvalue weighted by atomic mass is 19.1. The van der Waals surface area contributed by atoms with Gasteiger partial charge in [0.25, 0.3) is 0 Å². The Morgan fingerprint density at radius 3 is 2.82 bits per heavy atom. The van der Waals surface area contributed by atoms with E-state index in [9.17, 15) is 4.39 Å². The quantitative estimate of drug-likeness (QED) is 0.440. The number of hydrogen-bond acceptors (Lipinski definition) is 7. The smallest absolute Gasteiger partial charge is 0.220 e. The van der Waals surface area contributed by atoms with Crippen molar-refractivity contribution in [3.8, 4) is 11.1 Å². The number of aromatic nitrogens is 3. The van der Waals surface area contributed by atoms with Crippen LogP contribution in [0.3, 0.4) is 0 Å². The van der Waals surface area contributed by atoms with Crippen molar-refractivity contribution in [3.05, 3.63) is 71.1 Å². The van der Waals surface area contributed by atoms with Gasteiger partial charge in [-0.05, 0) is 74.5 Å². The summed E-state index contributed by atoms with van der Waals surface area (Å²) in [5, 5.41) is 4.55. The minimum atomic E-state index is -0.277. The molecule has 8 heteroatoms. The zero-order chi connectivity index (χ0) is 23.5. The average molecular weight is 461 g/mol. The SMILES string of the molecule is Cc1nc(N)nc2c1C(=NOCCN1CCCC1)CC(c1ccc(F)cc1-c1cccnc1)C2. The van der Waals surface area contributed by atoms with E-state index >= 15 is 0 Å². The molecule has 1 aromatic carbocycles. The molecule has 2 aromatic heterocycles. The van der Waals surface area contributed by atoms with Gasteiger partial charge >= 0.3 is 0 Å². The first-order chi connectivity index (χ1) is 16.6. The van der Waals surface area contributed by atoms with E-state index in [-0.39, 0.29) is 17.7 Å². The first-order valence-electron chi connectivity index (χ1n) is 11.8. The molecule has 176 valence electrons. The van der Waals surface area contributed by atoms with Crippen LogP contribution in [0.25, 0.3) is 11.1 Å². The molecule has 0 radical (unpaired) electrons. The minimum absolute atomic E-state index is 0.0398. The highest BCUT2D eigenvalue weighted by Crippen LogP contribution is 2.38. The van der Waals surface area contributed by atoms with Gasteiger partial charge in [-0.15, -0.1) is 0 Å². The van der Waals surface area contributed by atoms with Gasteiger partial charge in [-0.2, -0.15) is 0 Å². The number of nitrogens with zero attached hydrogens (tertiary/aromatic N) is 5. The van der Waals surface area contributed by atoms with Crippen LogP contribution in [0.4, 0.5) is 10.3 Å². The van der Waals surface area contributed by atoms with Crippen molar-refractivity contribution in [2.24, 2.45) is 5.16 Å². The van der Waals surface area contributed by atoms with E-state index in [4.69, 9.17) is 10.6 Å². The number of hydrogen-bond donors (Lipinski definition) is 1. The summed E-state index contributed by atoms with van der Waals surface area (Å²) in [6.07, 6.45) is 7.27. The molecule has 1 saturated heterocycles. The van der Waals surface area contributed by atoms with Gasteiger partial charge in [0, 0.05) is 36.5 Å². The molecule has 34 heavy (non-hydrogen) atoms. The van der Waals surface area contributed by atoms with Crippen LogP contribution in [0.2, 0.25) is 0 Å². The van der Waals surface area contributed by atoms with Crippen LogP contribution < -0.4 is 5.73 Å². The van der Waals surface area contributed by atoms with E-state index in [0.717, 1.165) is 59.0 Å². The van der Waals surface area contributed by atoms with Crippen molar-refractivity contribution in [2.75, 3.05) is 32.0 Å². The van der Waals surface area contributed by atoms with Crippen LogP contribution in [0.15, 0.2) is 47.9 Å². The fourth-order valence-electron chi connectivity index (χ4n) is 5.08. The number of oxime groups is 1. The maximum atomic E-state index is 14.2. The topological polar surface area (TPSA) is 89.5 Å². The Balaban J connectivity index is 1.47. The second kappa shape index (κ2) is 9.85. The summed E-state index contributed by atoms with van der Waals surface area (Å²) in [5.74, 6) is 0.0103. The summed E-state index contributed by atoms with van der Waals surface area (Å²) in [4.78, 5) is 21.3. The van der Waals surface area contributed by atoms with E-state index in [1.54, 1.807) is 18.5 Å². The summed E-state index contributed by atoms with van der Waals surface area (Å²) in [7, 11) is 0. The lowest BCUT2D eigenvalue weighted by Gasteiger charge is -2.28. The molecule has 1 atom stereocenters. The number of fused-ring (bicyclic) bond motifs is 1. The normalized spacial score (nSPS) is 19.4. The number of halogens is 1. The van der Waals surface area contributed by atoms with Crippen molar-refractivity contribution >= 4 is 11.7 Å². The third-order valence-corrected chi connectivity index (χ3v) is 6.65. The zero-order valence-corrected chi connectivity index (χ0v) is 19.4. The van der Waals surface area contributed by atoms with E-state index in [2.05, 4.69) is 25.0 Å². The Kier molecular flexibility index (Phi) is 6.49. The number of likely N-dealkylation sites (tertiary alicyclic amines) is 1. The molecular weight excluding hydrogens is 431 g/mol. The van der Waals surface area contributed by atoms with Crippen molar-refractivity contribution in [2.45, 2.75) is 38.5 Å². The molecule has 2 N–H and O–H groups in total. The molecule has 0 bridgehead atoms. The van der Waals surface area contributed by atoms with E-state index in [1.165, 1.54) is 18.9 Å². The number of nitrogens with two attached hydrogens (primary N) is 1. The molecule has 1 aliphatic heterocycles. The van der Waals surface area contributed by atoms with Gasteiger partial charge in [0.05, 0.1) is 17.1 Å². The molecule has 0 spiro atoms. The zero-order valence-electron chi connectivity index (χ0n) is 19.4. The van der Waals surface area contributed by atoms with Crippen LogP contribution in [0, 0.1) is 12.7 Å². The Hall–Kier alpha value is -3.39. The molecular formula is C26H29FN6O. The highest BCUT2D eigenvalue weighted by molar-refractivity contribution is 6.03. The summed E-state index contributed by atoms with van der Waals surface area (Å²) >= 11 is 0. The van der Waals surface area contributed by atoms with Gasteiger partial charge in [-0.1, -0.05) is 17.3 Å². The predicted molar refractivity (Wildman–Crippen MR) is 130 cm³/mol. The van der Waals surface area contributed by atoms with Crippen LogP contribution in [-0.4, -0.2) is 51.8 Å². The van der Waals surface area contributed by atoms with E-state index < -0.39 is 0 Å². The lowest BCUT2D eigenvalue weighted by molar-refractivity contribution is 0.118. The maximum absolute atomic E-state index is 14.2. The summed E-state index contributed by atoms with van der Waals surface area (Å²) in [6, 6.07) is 8.75. The molecule has 1 aliphatic carbocycles. The molecule has 2 aliphatic rings. The van der Waals surface area contributed by atoms with Gasteiger partial charge in [-0.3, -0.25) is 9.88 Å². The lowest BCUT2D eigenvalue weighted by atomic mass is 9.78. The largest absolute Gasteiger partial charge is 0.394 e. The molecule has 3 aromatic rings. The van der Waals surface area contributed by atoms with Crippen LogP contribution >= 0.6 is 0 Å². The second-order valence-electron chi connectivity index (χ2n) is 8.99. The number of nitrogen functional groups attached to an aromatic ring is 1. The lowest BCUT2D eigenvalue weighted by Crippen LogP contribution is -2.25. The highest BCUT2D eigenvalue weighted by Gasteiger charge is 2.30. The van der Waals surface area contributed by atoms with Gasteiger partial charge in [0.15, 0.2) is 0 Å². The first kappa shape index (κ1) is 22.4. The van der Waals surface area contributed by atoms with Gasteiger partial charge in [0.1, 0.15) is 12.4 Å². The number of aryl methyl sites for hydroxylation is 1. The van der Waals surface area contributed by atoms with Crippen LogP contribution in [0.1, 0.15) is 47.7 Å². The van der Waals surface area contributed by atoms with Crippen molar-refractivity contribution in [3.63, 3.8) is 0 Å². The molecule has 0 saturated carbocycles. The second-order valence-corrected chi connectivity index (χ2v) is 8.99. The molecule has 7 nitrogen and oxygen atoms in total. The van der Waals surface area contributed by atoms with Crippen molar-refractivity contribution in [1.29, 1.82) is 0 Å². The Bertz CT molecular complexity index is 1190. The molecule has 1 unspecified atom stereocenters. The summed E-state index contributed by atoms with van der Waals surface area (Å²) in [5.41, 5.74) is 12.1. The van der Waals surface area contributed by atoms with E-state index in [1.807, 2.05) is 25.1 Å². The molecule has 0 amide bonds. The molecule has 1 fully saturated rings. The number of pyridine rings is 1. The Morgan fingerprint density at radius 2 is 2.03 bits per heavy atom. The van der Waals surface area contributed by atoms with Crippen LogP contribution in [0.5, 0.6) is 0 Å². The van der Waals surface area contributed by atoms with Crippen molar-refractivity contribution in [1.82, 2.24) is 19.9 Å². The van der Waals surface area contributed by atoms with E-state index in [0.29, 0.717) is 19.4 Å². The predicted octanol–water partition coefficient (Wildman–Crippen LogP) is 4.11. The number of anilines is 1. The summed E-state index contributed by atoms with van der Waals surface area (Å²) in [6.45, 7) is 5.58. The third kappa shape index (κ3) is 4.77. The monoisotopic (exact) mass is 460 g/mol. The fourth-order valence-corrected chi connectivity index (χ4v) is 5.08. The van der Waals surface area contributed by atoms with Gasteiger partial charge in [-0.25, -0.2) is 14.4 Å². The molecule has 5 rings (SSSR count). The fraction of sp³-hybridized carbons (Fsp3) is 0.385. The number of benzene rings is 1. The summed E-state index contributed by atoms with van der Waals surface area (Å²) < 4.78 is 14.2. The van der Waals surface area contributed by atoms with Gasteiger partial charge in [0.2, 0.25) is 5.95 Å². The third-order valence-electron chi connectivity index (χ3n) is 6.65. The average Bonchev–Trinajstić information content (AvgIpc) is 3.35. The van der Waals surface area contributed by atoms with Gasteiger partial charge < -0.3 is 10.6 Å². The minimum Gasteiger partial charge on any atom is -0.394 e.